The van der Waals surface area contributed by atoms with Crippen LogP contribution in [0.4, 0.5) is 4.79 Å². The topological polar surface area (TPSA) is 204 Å². The third-order valence-electron chi connectivity index (χ3n) is 14.0. The average molecular weight is 1120 g/mol. The second-order valence-corrected chi connectivity index (χ2v) is 21.9. The molecule has 2 N–H and O–H groups in total. The highest BCUT2D eigenvalue weighted by Crippen LogP contribution is 2.34. The zero-order valence-electron chi connectivity index (χ0n) is 50.0. The zero-order valence-corrected chi connectivity index (χ0v) is 50.0. The summed E-state index contributed by atoms with van der Waals surface area (Å²) in [6.45, 7) is 19.6. The number of benzene rings is 3. The van der Waals surface area contributed by atoms with Gasteiger partial charge in [-0.3, -0.25) is 24.1 Å². The Kier molecular flexibility index (Phi) is 27.7. The van der Waals surface area contributed by atoms with E-state index in [1.165, 1.54) is 0 Å². The maximum absolute atomic E-state index is 13.9. The molecule has 2 aliphatic heterocycles. The number of unbranched alkanes of at least 4 members (excludes halogenated alkanes) is 1. The smallest absolute Gasteiger partial charge is 0.410 e. The van der Waals surface area contributed by atoms with Gasteiger partial charge in [0.1, 0.15) is 11.4 Å². The molecular weight excluding hydrogens is 1030 g/mol. The van der Waals surface area contributed by atoms with Gasteiger partial charge in [-0.2, -0.15) is 0 Å². The van der Waals surface area contributed by atoms with Gasteiger partial charge >= 0.3 is 12.1 Å². The van der Waals surface area contributed by atoms with Crippen LogP contribution in [0.2, 0.25) is 0 Å². The summed E-state index contributed by atoms with van der Waals surface area (Å²) < 4.78 is 43.9. The molecule has 4 amide bonds. The Morgan fingerprint density at radius 2 is 1.15 bits per heavy atom. The highest BCUT2D eigenvalue weighted by atomic mass is 16.6. The second-order valence-electron chi connectivity index (χ2n) is 21.9. The van der Waals surface area contributed by atoms with Crippen LogP contribution in [-0.2, 0) is 30.3 Å². The van der Waals surface area contributed by atoms with E-state index in [1.54, 1.807) is 76.8 Å². The van der Waals surface area contributed by atoms with Crippen LogP contribution in [0.5, 0.6) is 28.7 Å². The second kappa shape index (κ2) is 33.4. The summed E-state index contributed by atoms with van der Waals surface area (Å²) in [4.78, 5) is 73.0. The van der Waals surface area contributed by atoms with Gasteiger partial charge in [0.15, 0.2) is 23.0 Å². The molecule has 0 saturated carbocycles. The predicted octanol–water partition coefficient (Wildman–Crippen LogP) is 9.51. The molecule has 3 aromatic rings. The number of methoxy groups -OCH3 is 5. The minimum absolute atomic E-state index is 0.0467. The zero-order chi connectivity index (χ0) is 58.9. The fourth-order valence-corrected chi connectivity index (χ4v) is 10.1. The van der Waals surface area contributed by atoms with Gasteiger partial charge in [-0.1, -0.05) is 25.5 Å². The lowest BCUT2D eigenvalue weighted by molar-refractivity contribution is -0.139. The van der Waals surface area contributed by atoms with Crippen molar-refractivity contribution in [3.05, 3.63) is 77.4 Å². The Bertz CT molecular complexity index is 2390. The number of carbonyl (C=O) groups excluding carboxylic acids is 4. The van der Waals surface area contributed by atoms with Gasteiger partial charge in [0.05, 0.1) is 47.0 Å². The number of nitrogens with zero attached hydrogens (tertiary/aromatic N) is 4. The lowest BCUT2D eigenvalue weighted by Crippen LogP contribution is -2.58. The van der Waals surface area contributed by atoms with E-state index in [0.717, 1.165) is 37.0 Å². The fourth-order valence-electron chi connectivity index (χ4n) is 10.1. The Labute approximate surface area is 475 Å². The molecule has 2 saturated heterocycles. The number of nitrogens with one attached hydrogen (secondary N) is 1. The number of rotatable bonds is 28. The number of hydrogen-bond donors (Lipinski definition) is 2. The molecular formula is C61H93N5O14. The molecule has 0 aliphatic carbocycles. The molecule has 2 fully saturated rings. The number of carbonyl (C=O) groups is 5. The number of aliphatic carboxylic acids is 1. The SMILES string of the molecule is CCCCNC(=O)C[C@@H]1CC[C@@H](N(C(=O)c2ccc(OC)c(OCCCOC)c2)C(C)C)CN1C(=O)OC(C)(C)C.COCCCOc1cc(C(=O)N(C(C)C)[C@@H]2CC[C@@H](CC(=O)O)N(Cc3ccc(OC)cc3)C2)ccc1OC. The van der Waals surface area contributed by atoms with Crippen LogP contribution >= 0.6 is 0 Å². The molecule has 2 heterocycles. The number of amides is 4. The Morgan fingerprint density at radius 1 is 0.637 bits per heavy atom. The van der Waals surface area contributed by atoms with E-state index in [0.29, 0.717) is 106 Å². The van der Waals surface area contributed by atoms with E-state index in [9.17, 15) is 29.1 Å². The van der Waals surface area contributed by atoms with Crippen molar-refractivity contribution in [2.75, 3.05) is 81.6 Å². The van der Waals surface area contributed by atoms with Crippen LogP contribution in [0.3, 0.4) is 0 Å². The van der Waals surface area contributed by atoms with Crippen LogP contribution in [0.15, 0.2) is 60.7 Å². The highest BCUT2D eigenvalue weighted by molar-refractivity contribution is 5.96. The summed E-state index contributed by atoms with van der Waals surface area (Å²) in [5.41, 5.74) is 1.39. The molecule has 2 aliphatic rings. The third-order valence-corrected chi connectivity index (χ3v) is 14.0. The summed E-state index contributed by atoms with van der Waals surface area (Å²) in [6, 6.07) is 17.4. The number of carboxylic acids is 1. The quantitative estimate of drug-likeness (QED) is 0.0650. The van der Waals surface area contributed by atoms with Crippen molar-refractivity contribution in [3.8, 4) is 28.7 Å². The standard InChI is InChI=1S/C31H51N3O7.C30H42N2O7/c1-9-10-16-32-28(35)20-24-13-14-25(21-33(24)30(37)41-31(4,5)6)34(22(2)3)29(36)23-12-15-26(39-8)27(19-23)40-18-11-17-38-7;1-21(2)32(30(35)23-9-14-27(38-5)28(17-23)39-16-6-15-36-3)25-11-10-24(18-29(33)34)31(20-25)19-22-7-12-26(37-4)13-8-22/h12,15,19,22,24-25H,9-11,13-14,16-18,20-21H2,1-8H3,(H,32,35);7-9,12-14,17,21,24-25H,6,10-11,15-16,18-20H2,1-5H3,(H,33,34)/t2*24-,25+/m00/s1. The lowest BCUT2D eigenvalue weighted by Gasteiger charge is -2.45. The first kappa shape index (κ1) is 66.2. The number of likely N-dealkylation sites (tertiary alicyclic amines) is 2. The summed E-state index contributed by atoms with van der Waals surface area (Å²) in [6.07, 6.45) is 5.79. The normalized spacial score (nSPS) is 17.4. The molecule has 0 unspecified atom stereocenters. The van der Waals surface area contributed by atoms with E-state index < -0.39 is 17.7 Å². The van der Waals surface area contributed by atoms with E-state index >= 15 is 0 Å². The van der Waals surface area contributed by atoms with Gasteiger partial charge in [0.25, 0.3) is 11.8 Å². The fraction of sp³-hybridized carbons (Fsp3) is 0.623. The van der Waals surface area contributed by atoms with E-state index in [2.05, 4.69) is 17.1 Å². The molecule has 0 spiro atoms. The van der Waals surface area contributed by atoms with Crippen molar-refractivity contribution in [1.82, 2.24) is 24.9 Å². The van der Waals surface area contributed by atoms with Gasteiger partial charge in [-0.15, -0.1) is 0 Å². The molecule has 0 radical (unpaired) electrons. The van der Waals surface area contributed by atoms with Gasteiger partial charge < -0.3 is 63.0 Å². The third kappa shape index (κ3) is 20.7. The average Bonchev–Trinajstić information content (AvgIpc) is 3.53. The molecule has 446 valence electrons. The lowest BCUT2D eigenvalue weighted by atomic mass is 9.93. The van der Waals surface area contributed by atoms with Crippen LogP contribution < -0.4 is 29.0 Å². The van der Waals surface area contributed by atoms with Crippen LogP contribution in [0.1, 0.15) is 146 Å². The summed E-state index contributed by atoms with van der Waals surface area (Å²) in [5.74, 6) is 1.77. The van der Waals surface area contributed by atoms with Crippen LogP contribution in [0.25, 0.3) is 0 Å². The van der Waals surface area contributed by atoms with Gasteiger partial charge in [-0.05, 0) is 135 Å². The van der Waals surface area contributed by atoms with Gasteiger partial charge in [0, 0.05) is 114 Å². The van der Waals surface area contributed by atoms with E-state index in [-0.39, 0.29) is 73.4 Å². The van der Waals surface area contributed by atoms with Crippen molar-refractivity contribution in [2.45, 2.75) is 168 Å². The minimum Gasteiger partial charge on any atom is -0.497 e. The summed E-state index contributed by atoms with van der Waals surface area (Å²) in [5, 5.41) is 12.5. The van der Waals surface area contributed by atoms with Gasteiger partial charge in [0.2, 0.25) is 5.91 Å². The van der Waals surface area contributed by atoms with E-state index in [1.807, 2.05) is 82.5 Å². The van der Waals surface area contributed by atoms with Crippen LogP contribution in [-0.4, -0.2) is 178 Å². The Morgan fingerprint density at radius 3 is 1.60 bits per heavy atom. The van der Waals surface area contributed by atoms with Crippen molar-refractivity contribution >= 4 is 29.8 Å². The number of hydrogen-bond acceptors (Lipinski definition) is 14. The molecule has 3 aromatic carbocycles. The first-order valence-electron chi connectivity index (χ1n) is 28.3. The molecule has 5 rings (SSSR count). The molecule has 0 bridgehead atoms. The summed E-state index contributed by atoms with van der Waals surface area (Å²) >= 11 is 0. The molecule has 19 heteroatoms. The van der Waals surface area contributed by atoms with Crippen molar-refractivity contribution in [2.24, 2.45) is 0 Å². The first-order valence-corrected chi connectivity index (χ1v) is 28.3. The number of ether oxygens (including phenoxy) is 8. The molecule has 4 atom stereocenters. The molecule has 19 nitrogen and oxygen atoms in total. The molecule has 80 heavy (non-hydrogen) atoms. The largest absolute Gasteiger partial charge is 0.497 e. The van der Waals surface area contributed by atoms with Crippen molar-refractivity contribution in [3.63, 3.8) is 0 Å². The molecule has 0 aromatic heterocycles. The maximum atomic E-state index is 13.9. The number of piperidine rings is 2. The monoisotopic (exact) mass is 1120 g/mol. The van der Waals surface area contributed by atoms with Crippen molar-refractivity contribution < 1.29 is 67.0 Å². The Hall–Kier alpha value is -6.31. The summed E-state index contributed by atoms with van der Waals surface area (Å²) in [7, 11) is 8.05. The minimum atomic E-state index is -0.814. The first-order chi connectivity index (χ1) is 38.2. The van der Waals surface area contributed by atoms with Crippen molar-refractivity contribution in [1.29, 1.82) is 0 Å². The maximum Gasteiger partial charge on any atom is 0.410 e. The number of carboxylic acid groups (broad SMARTS) is 1. The van der Waals surface area contributed by atoms with Gasteiger partial charge in [-0.25, -0.2) is 4.79 Å². The van der Waals surface area contributed by atoms with E-state index in [4.69, 9.17) is 37.9 Å². The van der Waals surface area contributed by atoms with Crippen LogP contribution in [0, 0.1) is 0 Å². The highest BCUT2D eigenvalue weighted by Gasteiger charge is 2.40. The predicted molar refractivity (Wildman–Crippen MR) is 307 cm³/mol. The Balaban J connectivity index is 0.000000345.